The maximum atomic E-state index is 12.3. The predicted octanol–water partition coefficient (Wildman–Crippen LogP) is 1.69. The van der Waals surface area contributed by atoms with E-state index in [2.05, 4.69) is 19.8 Å². The molecule has 116 valence electrons. The molecule has 0 fully saturated rings. The zero-order chi connectivity index (χ0) is 15.7. The predicted molar refractivity (Wildman–Crippen MR) is 81.0 cm³/mol. The van der Waals surface area contributed by atoms with Crippen LogP contribution < -0.4 is 4.72 Å². The molecule has 0 saturated heterocycles. The van der Waals surface area contributed by atoms with Gasteiger partial charge >= 0.3 is 0 Å². The van der Waals surface area contributed by atoms with Gasteiger partial charge in [0.25, 0.3) is 0 Å². The second-order valence-corrected chi connectivity index (χ2v) is 6.76. The molecule has 0 radical (unpaired) electrons. The van der Waals surface area contributed by atoms with Gasteiger partial charge in [-0.05, 0) is 38.0 Å². The molecule has 0 aliphatic carbocycles. The summed E-state index contributed by atoms with van der Waals surface area (Å²) in [5.74, 6) is 0.295. The Morgan fingerprint density at radius 1 is 1.32 bits per heavy atom. The normalized spacial score (nSPS) is 12.1. The van der Waals surface area contributed by atoms with E-state index in [0.29, 0.717) is 24.4 Å². The molecule has 8 heteroatoms. The second-order valence-electron chi connectivity index (χ2n) is 5.06. The van der Waals surface area contributed by atoms with Crippen molar-refractivity contribution in [1.29, 1.82) is 0 Å². The molecule has 0 unspecified atom stereocenters. The summed E-state index contributed by atoms with van der Waals surface area (Å²) < 4.78 is 32.0. The summed E-state index contributed by atoms with van der Waals surface area (Å²) in [5.41, 5.74) is 3.22. The van der Waals surface area contributed by atoms with Crippen LogP contribution in [0.5, 0.6) is 0 Å². The van der Waals surface area contributed by atoms with Crippen molar-refractivity contribution in [2.45, 2.75) is 25.2 Å². The van der Waals surface area contributed by atoms with Crippen LogP contribution in [-0.4, -0.2) is 30.1 Å². The molecular weight excluding hydrogens is 304 g/mol. The number of benzene rings is 1. The van der Waals surface area contributed by atoms with E-state index in [1.165, 1.54) is 0 Å². The van der Waals surface area contributed by atoms with Crippen LogP contribution in [0.1, 0.15) is 17.0 Å². The molecule has 3 aromatic rings. The van der Waals surface area contributed by atoms with Crippen molar-refractivity contribution in [3.05, 3.63) is 41.5 Å². The van der Waals surface area contributed by atoms with Crippen molar-refractivity contribution in [1.82, 2.24) is 19.8 Å². The maximum absolute atomic E-state index is 12.3. The molecule has 2 N–H and O–H groups in total. The van der Waals surface area contributed by atoms with Gasteiger partial charge in [-0.1, -0.05) is 11.2 Å². The highest BCUT2D eigenvalue weighted by molar-refractivity contribution is 7.89. The van der Waals surface area contributed by atoms with Gasteiger partial charge in [-0.3, -0.25) is 0 Å². The van der Waals surface area contributed by atoms with Gasteiger partial charge in [0, 0.05) is 6.54 Å². The van der Waals surface area contributed by atoms with Gasteiger partial charge in [0.2, 0.25) is 10.0 Å². The van der Waals surface area contributed by atoms with Gasteiger partial charge in [-0.2, -0.15) is 0 Å². The van der Waals surface area contributed by atoms with E-state index in [4.69, 9.17) is 4.52 Å². The first-order chi connectivity index (χ1) is 10.5. The summed E-state index contributed by atoms with van der Waals surface area (Å²) in [6.45, 7) is 3.49. The lowest BCUT2D eigenvalue weighted by atomic mass is 10.1. The van der Waals surface area contributed by atoms with E-state index in [-0.39, 0.29) is 4.90 Å². The number of nitrogens with zero attached hydrogens (tertiary/aromatic N) is 2. The molecule has 2 heterocycles. The van der Waals surface area contributed by atoms with Crippen LogP contribution in [0, 0.1) is 13.8 Å². The van der Waals surface area contributed by atoms with Crippen LogP contribution in [0.15, 0.2) is 33.9 Å². The average molecular weight is 320 g/mol. The third-order valence-electron chi connectivity index (χ3n) is 3.43. The van der Waals surface area contributed by atoms with Crippen LogP contribution in [0.3, 0.4) is 0 Å². The van der Waals surface area contributed by atoms with Crippen molar-refractivity contribution < 1.29 is 12.9 Å². The van der Waals surface area contributed by atoms with Crippen LogP contribution in [0.2, 0.25) is 0 Å². The Kier molecular flexibility index (Phi) is 3.71. The van der Waals surface area contributed by atoms with Gasteiger partial charge in [0.15, 0.2) is 5.76 Å². The number of hydrogen-bond donors (Lipinski definition) is 2. The number of H-pyrrole nitrogens is 1. The first-order valence-electron chi connectivity index (χ1n) is 6.82. The Hall–Kier alpha value is -2.19. The maximum Gasteiger partial charge on any atom is 0.245 e. The second kappa shape index (κ2) is 5.54. The smallest absolute Gasteiger partial charge is 0.245 e. The molecule has 3 rings (SSSR count). The van der Waals surface area contributed by atoms with E-state index in [1.54, 1.807) is 20.2 Å². The fraction of sp³-hybridized carbons (Fsp3) is 0.286. The standard InChI is InChI=1S/C14H16N4O3S/c1-9-14(10(2)21-18-9)22(19,20)17-6-5-11-3-4-12-13(7-11)16-8-15-12/h3-4,7-8,17H,5-6H2,1-2H3,(H,15,16). The topological polar surface area (TPSA) is 101 Å². The fourth-order valence-electron chi connectivity index (χ4n) is 2.40. The van der Waals surface area contributed by atoms with Gasteiger partial charge in [-0.25, -0.2) is 18.1 Å². The summed E-state index contributed by atoms with van der Waals surface area (Å²) in [5, 5.41) is 3.67. The molecule has 0 aliphatic rings. The van der Waals surface area contributed by atoms with Crippen LogP contribution in [0.4, 0.5) is 0 Å². The van der Waals surface area contributed by atoms with E-state index in [9.17, 15) is 8.42 Å². The Morgan fingerprint density at radius 3 is 2.86 bits per heavy atom. The molecule has 0 aliphatic heterocycles. The van der Waals surface area contributed by atoms with E-state index in [0.717, 1.165) is 16.6 Å². The highest BCUT2D eigenvalue weighted by Crippen LogP contribution is 2.18. The lowest BCUT2D eigenvalue weighted by molar-refractivity contribution is 0.390. The Labute approximate surface area is 127 Å². The van der Waals surface area contributed by atoms with Crippen LogP contribution in [-0.2, 0) is 16.4 Å². The Bertz CT molecular complexity index is 892. The summed E-state index contributed by atoms with van der Waals surface area (Å²) in [7, 11) is -3.61. The summed E-state index contributed by atoms with van der Waals surface area (Å²) in [6, 6.07) is 5.81. The molecule has 7 nitrogen and oxygen atoms in total. The highest BCUT2D eigenvalue weighted by Gasteiger charge is 2.23. The monoisotopic (exact) mass is 320 g/mol. The molecule has 1 aromatic carbocycles. The molecule has 0 saturated carbocycles. The summed E-state index contributed by atoms with van der Waals surface area (Å²) in [4.78, 5) is 7.30. The van der Waals surface area contributed by atoms with Gasteiger partial charge < -0.3 is 9.51 Å². The summed E-state index contributed by atoms with van der Waals surface area (Å²) in [6.07, 6.45) is 2.21. The van der Waals surface area contributed by atoms with Crippen molar-refractivity contribution >= 4 is 21.1 Å². The van der Waals surface area contributed by atoms with Crippen molar-refractivity contribution in [3.63, 3.8) is 0 Å². The lowest BCUT2D eigenvalue weighted by Crippen LogP contribution is -2.26. The van der Waals surface area contributed by atoms with Crippen LogP contribution >= 0.6 is 0 Å². The third kappa shape index (κ3) is 2.75. The largest absolute Gasteiger partial charge is 0.360 e. The number of aromatic amines is 1. The number of nitrogens with one attached hydrogen (secondary N) is 2. The van der Waals surface area contributed by atoms with Crippen molar-refractivity contribution in [2.24, 2.45) is 0 Å². The molecule has 0 spiro atoms. The van der Waals surface area contributed by atoms with Crippen molar-refractivity contribution in [3.8, 4) is 0 Å². The zero-order valence-electron chi connectivity index (χ0n) is 12.3. The quantitative estimate of drug-likeness (QED) is 0.745. The van der Waals surface area contributed by atoms with E-state index in [1.807, 2.05) is 18.2 Å². The van der Waals surface area contributed by atoms with Gasteiger partial charge in [0.1, 0.15) is 10.6 Å². The molecule has 0 amide bonds. The minimum absolute atomic E-state index is 0.122. The number of sulfonamides is 1. The molecular formula is C14H16N4O3S. The van der Waals surface area contributed by atoms with Gasteiger partial charge in [-0.15, -0.1) is 0 Å². The zero-order valence-corrected chi connectivity index (χ0v) is 13.1. The third-order valence-corrected chi connectivity index (χ3v) is 5.13. The molecule has 2 aromatic heterocycles. The van der Waals surface area contributed by atoms with E-state index >= 15 is 0 Å². The van der Waals surface area contributed by atoms with Crippen molar-refractivity contribution in [2.75, 3.05) is 6.54 Å². The number of fused-ring (bicyclic) bond motifs is 1. The average Bonchev–Trinajstić information content (AvgIpc) is 3.05. The van der Waals surface area contributed by atoms with Gasteiger partial charge in [0.05, 0.1) is 17.4 Å². The number of hydrogen-bond acceptors (Lipinski definition) is 5. The lowest BCUT2D eigenvalue weighted by Gasteiger charge is -2.06. The number of imidazole rings is 1. The van der Waals surface area contributed by atoms with E-state index < -0.39 is 10.0 Å². The number of aryl methyl sites for hydroxylation is 2. The first kappa shape index (κ1) is 14.7. The minimum atomic E-state index is -3.61. The number of rotatable bonds is 5. The minimum Gasteiger partial charge on any atom is -0.360 e. The summed E-state index contributed by atoms with van der Waals surface area (Å²) >= 11 is 0. The fourth-order valence-corrected chi connectivity index (χ4v) is 3.76. The first-order valence-corrected chi connectivity index (χ1v) is 8.30. The molecule has 22 heavy (non-hydrogen) atoms. The highest BCUT2D eigenvalue weighted by atomic mass is 32.2. The molecule has 0 bridgehead atoms. The Balaban J connectivity index is 1.69. The Morgan fingerprint density at radius 2 is 2.14 bits per heavy atom. The SMILES string of the molecule is Cc1noc(C)c1S(=O)(=O)NCCc1ccc2nc[nH]c2c1. The number of aromatic nitrogens is 3. The van der Waals surface area contributed by atoms with Crippen LogP contribution in [0.25, 0.3) is 11.0 Å². The molecule has 0 atom stereocenters.